The van der Waals surface area contributed by atoms with Gasteiger partial charge in [-0.3, -0.25) is 19.1 Å². The molecule has 0 spiro atoms. The highest BCUT2D eigenvalue weighted by atomic mass is 16.5. The number of nitrogens with zero attached hydrogens (tertiary/aromatic N) is 6. The second-order valence-corrected chi connectivity index (χ2v) is 23.8. The molecule has 0 unspecified atom stereocenters. The van der Waals surface area contributed by atoms with E-state index in [4.69, 9.17) is 29.1 Å². The lowest BCUT2D eigenvalue weighted by molar-refractivity contribution is 0.483. The van der Waals surface area contributed by atoms with Gasteiger partial charge in [0.2, 0.25) is 0 Å². The summed E-state index contributed by atoms with van der Waals surface area (Å²) in [7, 11) is 0. The zero-order valence-electron chi connectivity index (χ0n) is 48.8. The number of ether oxygens (including phenoxy) is 1. The van der Waals surface area contributed by atoms with Crippen molar-refractivity contribution < 1.29 is 9.15 Å². The Kier molecular flexibility index (Phi) is 12.6. The van der Waals surface area contributed by atoms with Crippen molar-refractivity contribution in [1.29, 1.82) is 0 Å². The van der Waals surface area contributed by atoms with Crippen LogP contribution in [0.5, 0.6) is 11.5 Å². The van der Waals surface area contributed by atoms with Crippen LogP contribution in [-0.2, 0) is 6.42 Å². The molecule has 5 heterocycles. The number of para-hydroxylation sites is 4. The van der Waals surface area contributed by atoms with Crippen molar-refractivity contribution in [1.82, 2.24) is 29.1 Å². The van der Waals surface area contributed by atoms with E-state index in [1.165, 1.54) is 55.9 Å². The third-order valence-electron chi connectivity index (χ3n) is 16.9. The molecule has 0 atom stereocenters. The Labute approximate surface area is 485 Å². The molecular weight excluding hydrogens is 1020 g/mol. The summed E-state index contributed by atoms with van der Waals surface area (Å²) in [5, 5.41) is 2.13. The van der Waals surface area contributed by atoms with Gasteiger partial charge in [-0.25, -0.2) is 9.97 Å². The van der Waals surface area contributed by atoms with Gasteiger partial charge in [-0.2, -0.15) is 0 Å². The number of rotatable bonds is 12. The van der Waals surface area contributed by atoms with Gasteiger partial charge < -0.3 is 9.15 Å². The highest BCUT2D eigenvalue weighted by Crippen LogP contribution is 2.50. The lowest BCUT2D eigenvalue weighted by Gasteiger charge is -2.25. The maximum atomic E-state index is 7.31. The van der Waals surface area contributed by atoms with Crippen LogP contribution in [0.15, 0.2) is 187 Å². The molecule has 0 N–H and O–H groups in total. The molecule has 0 bridgehead atoms. The molecule has 0 amide bonds. The summed E-state index contributed by atoms with van der Waals surface area (Å²) in [6.45, 7) is 22.5. The fourth-order valence-electron chi connectivity index (χ4n) is 13.0. The SMILES string of the molecule is Cc1cc2c(oc3cnc4c(c32)Cc2c-4cc(Oc3cccc(-c4nc5ccccc5n4-c4c(C(C)C)cc(-c5ccccc5)cc4C(C)C)c3)cc2-c2nc3ccccc3n2-c2c(C(C)C)cc(-c3ccccc3)cc2C(C)C)c(C)n1. The summed E-state index contributed by atoms with van der Waals surface area (Å²) < 4.78 is 18.7. The minimum atomic E-state index is 0.195. The quantitative estimate of drug-likeness (QED) is 0.121. The second-order valence-electron chi connectivity index (χ2n) is 23.8. The molecule has 0 radical (unpaired) electrons. The highest BCUT2D eigenvalue weighted by molar-refractivity contribution is 6.10. The molecule has 0 fully saturated rings. The number of fused-ring (bicyclic) bond motifs is 9. The third-order valence-corrected chi connectivity index (χ3v) is 16.9. The highest BCUT2D eigenvalue weighted by Gasteiger charge is 2.33. The van der Waals surface area contributed by atoms with Gasteiger partial charge >= 0.3 is 0 Å². The Balaban J connectivity index is 0.981. The van der Waals surface area contributed by atoms with E-state index < -0.39 is 0 Å². The number of aromatic nitrogens is 6. The van der Waals surface area contributed by atoms with Crippen LogP contribution in [-0.4, -0.2) is 29.1 Å². The summed E-state index contributed by atoms with van der Waals surface area (Å²) >= 11 is 0. The molecule has 408 valence electrons. The van der Waals surface area contributed by atoms with Crippen molar-refractivity contribution in [3.05, 3.63) is 227 Å². The first kappa shape index (κ1) is 51.7. The molecule has 13 aromatic rings. The smallest absolute Gasteiger partial charge is 0.156 e. The molecule has 5 aromatic heterocycles. The number of imidazole rings is 2. The van der Waals surface area contributed by atoms with Gasteiger partial charge in [0.15, 0.2) is 11.2 Å². The lowest BCUT2D eigenvalue weighted by atomic mass is 9.88. The van der Waals surface area contributed by atoms with E-state index in [1.54, 1.807) is 0 Å². The van der Waals surface area contributed by atoms with Gasteiger partial charge in [-0.15, -0.1) is 0 Å². The summed E-state index contributed by atoms with van der Waals surface area (Å²) in [6.07, 6.45) is 2.51. The van der Waals surface area contributed by atoms with Gasteiger partial charge in [0, 0.05) is 39.6 Å². The Morgan fingerprint density at radius 3 is 1.53 bits per heavy atom. The van der Waals surface area contributed by atoms with Crippen LogP contribution in [0, 0.1) is 13.8 Å². The molecule has 1 aliphatic carbocycles. The number of benzene rings is 8. The van der Waals surface area contributed by atoms with Crippen LogP contribution in [0.2, 0.25) is 0 Å². The van der Waals surface area contributed by atoms with E-state index in [0.717, 1.165) is 101 Å². The monoisotopic (exact) mass is 1080 g/mol. The molecule has 8 heteroatoms. The molecule has 0 saturated carbocycles. The molecule has 1 aliphatic rings. The maximum absolute atomic E-state index is 7.31. The minimum absolute atomic E-state index is 0.195. The first-order valence-corrected chi connectivity index (χ1v) is 29.3. The van der Waals surface area contributed by atoms with Crippen LogP contribution >= 0.6 is 0 Å². The third kappa shape index (κ3) is 8.73. The average Bonchev–Trinajstić information content (AvgIpc) is 2.02. The predicted octanol–water partition coefficient (Wildman–Crippen LogP) is 20.2. The van der Waals surface area contributed by atoms with Crippen LogP contribution in [0.25, 0.3) is 112 Å². The summed E-state index contributed by atoms with van der Waals surface area (Å²) in [5.41, 5.74) is 25.7. The molecule has 0 aliphatic heterocycles. The largest absolute Gasteiger partial charge is 0.457 e. The van der Waals surface area contributed by atoms with E-state index >= 15 is 0 Å². The van der Waals surface area contributed by atoms with Crippen LogP contribution in [0.4, 0.5) is 0 Å². The number of furan rings is 1. The van der Waals surface area contributed by atoms with E-state index in [9.17, 15) is 0 Å². The zero-order valence-corrected chi connectivity index (χ0v) is 48.8. The number of hydrogen-bond donors (Lipinski definition) is 0. The van der Waals surface area contributed by atoms with Gasteiger partial charge in [-0.1, -0.05) is 152 Å². The molecule has 14 rings (SSSR count). The Morgan fingerprint density at radius 2 is 0.964 bits per heavy atom. The topological polar surface area (TPSA) is 83.8 Å². The van der Waals surface area contributed by atoms with Crippen molar-refractivity contribution in [2.24, 2.45) is 0 Å². The Hall–Kier alpha value is -9.40. The van der Waals surface area contributed by atoms with Gasteiger partial charge in [0.05, 0.1) is 51.0 Å². The molecular formula is C75H66N6O2. The summed E-state index contributed by atoms with van der Waals surface area (Å²) in [6, 6.07) is 63.1. The maximum Gasteiger partial charge on any atom is 0.156 e. The predicted molar refractivity (Wildman–Crippen MR) is 341 cm³/mol. The van der Waals surface area contributed by atoms with Crippen LogP contribution in [0.3, 0.4) is 0 Å². The van der Waals surface area contributed by atoms with E-state index in [-0.39, 0.29) is 23.7 Å². The van der Waals surface area contributed by atoms with Crippen molar-refractivity contribution in [3.8, 4) is 79.2 Å². The van der Waals surface area contributed by atoms with E-state index in [1.807, 2.05) is 13.1 Å². The summed E-state index contributed by atoms with van der Waals surface area (Å²) in [4.78, 5) is 21.2. The van der Waals surface area contributed by atoms with Crippen molar-refractivity contribution >= 4 is 44.0 Å². The fourth-order valence-corrected chi connectivity index (χ4v) is 13.0. The number of aryl methyl sites for hydroxylation is 2. The standard InChI is InChI=1S/C75H66N6O2/c1-42(2)55-34-51(48-22-13-11-14-23-48)35-56(43(3)4)71(55)80-66-30-19-17-28-64(66)78-74(80)50-26-21-27-53(33-50)82-54-38-60-59(40-62-69-63-32-46(9)77-47(10)73(63)83-68(69)41-76-70(60)62)61(39-54)75-79-65-29-18-20-31-67(65)81(75)72-57(44(5)6)36-52(37-58(72)45(7)8)49-24-15-12-16-25-49/h11-39,41-45H,40H2,1-10H3. The van der Waals surface area contributed by atoms with Gasteiger partial charge in [-0.05, 0) is 172 Å². The summed E-state index contributed by atoms with van der Waals surface area (Å²) in [5.74, 6) is 3.92. The first-order valence-electron chi connectivity index (χ1n) is 29.3. The van der Waals surface area contributed by atoms with Crippen LogP contribution < -0.4 is 4.74 Å². The fraction of sp³-hybridized carbons (Fsp3) is 0.200. The van der Waals surface area contributed by atoms with Gasteiger partial charge in [0.1, 0.15) is 23.1 Å². The first-order chi connectivity index (χ1) is 40.3. The van der Waals surface area contributed by atoms with E-state index in [2.05, 4.69) is 247 Å². The molecule has 8 nitrogen and oxygen atoms in total. The van der Waals surface area contributed by atoms with Crippen molar-refractivity contribution in [2.75, 3.05) is 0 Å². The number of hydrogen-bond acceptors (Lipinski definition) is 6. The lowest BCUT2D eigenvalue weighted by Crippen LogP contribution is -2.10. The van der Waals surface area contributed by atoms with Crippen molar-refractivity contribution in [3.63, 3.8) is 0 Å². The second kappa shape index (κ2) is 20.2. The Morgan fingerprint density at radius 1 is 0.458 bits per heavy atom. The minimum Gasteiger partial charge on any atom is -0.457 e. The molecule has 8 aromatic carbocycles. The zero-order chi connectivity index (χ0) is 56.9. The van der Waals surface area contributed by atoms with Gasteiger partial charge in [0.25, 0.3) is 0 Å². The van der Waals surface area contributed by atoms with E-state index in [0.29, 0.717) is 17.9 Å². The van der Waals surface area contributed by atoms with Crippen LogP contribution in [0.1, 0.15) is 124 Å². The van der Waals surface area contributed by atoms with Crippen molar-refractivity contribution in [2.45, 2.75) is 99.3 Å². The average molecular weight is 1080 g/mol. The number of pyridine rings is 2. The molecule has 83 heavy (non-hydrogen) atoms. The molecule has 0 saturated heterocycles. The Bertz CT molecular complexity index is 4650. The normalized spacial score (nSPS) is 12.4.